The van der Waals surface area contributed by atoms with Gasteiger partial charge in [-0.15, -0.1) is 0 Å². The van der Waals surface area contributed by atoms with Crippen molar-refractivity contribution in [1.82, 2.24) is 0 Å². The Morgan fingerprint density at radius 1 is 1.50 bits per heavy atom. The average Bonchev–Trinajstić information content (AvgIpc) is 2.56. The van der Waals surface area contributed by atoms with Gasteiger partial charge in [0.1, 0.15) is 0 Å². The molecule has 0 aliphatic heterocycles. The minimum atomic E-state index is 0.598. The zero-order valence-electron chi connectivity index (χ0n) is 6.77. The van der Waals surface area contributed by atoms with Crippen LogP contribution in [0.2, 0.25) is 0 Å². The predicted octanol–water partition coefficient (Wildman–Crippen LogP) is 3.14. The number of allylic oxidation sites excluding steroid dienone is 2. The minimum absolute atomic E-state index is 0.598. The van der Waals surface area contributed by atoms with E-state index in [0.717, 1.165) is 5.92 Å². The molecule has 0 nitrogen and oxygen atoms in total. The molecule has 1 saturated carbocycles. The Labute approximate surface area is 63.3 Å². The van der Waals surface area contributed by atoms with E-state index in [1.165, 1.54) is 32.1 Å². The van der Waals surface area contributed by atoms with Crippen molar-refractivity contribution in [2.75, 3.05) is 0 Å². The Bertz CT molecular complexity index is 153. The Kier molecular flexibility index (Phi) is 1.36. The molecule has 0 radical (unpaired) electrons. The number of rotatable bonds is 2. The monoisotopic (exact) mass is 136 g/mol. The lowest BCUT2D eigenvalue weighted by Gasteiger charge is -2.20. The average molecular weight is 136 g/mol. The fourth-order valence-electron chi connectivity index (χ4n) is 2.02. The second kappa shape index (κ2) is 2.11. The molecule has 0 aromatic rings. The molecule has 0 aromatic carbocycles. The first kappa shape index (κ1) is 6.45. The van der Waals surface area contributed by atoms with E-state index in [2.05, 4.69) is 19.1 Å². The van der Waals surface area contributed by atoms with Crippen molar-refractivity contribution in [3.05, 3.63) is 12.2 Å². The summed E-state index contributed by atoms with van der Waals surface area (Å²) in [5.41, 5.74) is 0.598. The van der Waals surface area contributed by atoms with Gasteiger partial charge in [0.2, 0.25) is 0 Å². The second-order valence-corrected chi connectivity index (χ2v) is 4.24. The third-order valence-electron chi connectivity index (χ3n) is 2.85. The van der Waals surface area contributed by atoms with Gasteiger partial charge in [-0.05, 0) is 30.6 Å². The van der Waals surface area contributed by atoms with E-state index < -0.39 is 0 Å². The molecule has 1 atom stereocenters. The fourth-order valence-corrected chi connectivity index (χ4v) is 2.02. The normalized spacial score (nSPS) is 38.9. The minimum Gasteiger partial charge on any atom is -0.0880 e. The molecule has 0 bridgehead atoms. The lowest BCUT2D eigenvalue weighted by molar-refractivity contribution is 0.361. The van der Waals surface area contributed by atoms with E-state index in [9.17, 15) is 0 Å². The molecule has 1 unspecified atom stereocenters. The standard InChI is InChI=1S/C10H16/c1-10(6-2-3-7-10)8-9-4-5-9/h2,6,9H,3-5,7-8H2,1H3. The highest BCUT2D eigenvalue weighted by molar-refractivity contribution is 5.06. The molecule has 0 aromatic heterocycles. The van der Waals surface area contributed by atoms with Crippen molar-refractivity contribution < 1.29 is 0 Å². The van der Waals surface area contributed by atoms with E-state index in [-0.39, 0.29) is 0 Å². The van der Waals surface area contributed by atoms with Crippen LogP contribution in [0.15, 0.2) is 12.2 Å². The maximum Gasteiger partial charge on any atom is -0.0141 e. The van der Waals surface area contributed by atoms with Gasteiger partial charge < -0.3 is 0 Å². The van der Waals surface area contributed by atoms with Crippen LogP contribution >= 0.6 is 0 Å². The topological polar surface area (TPSA) is 0 Å². The van der Waals surface area contributed by atoms with Crippen LogP contribution in [0.1, 0.15) is 39.0 Å². The molecule has 2 aliphatic rings. The van der Waals surface area contributed by atoms with Crippen LogP contribution in [-0.4, -0.2) is 0 Å². The highest BCUT2D eigenvalue weighted by Gasteiger charge is 2.32. The molecule has 1 fully saturated rings. The Hall–Kier alpha value is -0.260. The van der Waals surface area contributed by atoms with Crippen LogP contribution in [0, 0.1) is 11.3 Å². The maximum atomic E-state index is 2.44. The summed E-state index contributed by atoms with van der Waals surface area (Å²) in [6.07, 6.45) is 12.0. The molecule has 0 amide bonds. The highest BCUT2D eigenvalue weighted by atomic mass is 14.4. The van der Waals surface area contributed by atoms with Crippen molar-refractivity contribution in [2.45, 2.75) is 39.0 Å². The van der Waals surface area contributed by atoms with Gasteiger partial charge >= 0.3 is 0 Å². The van der Waals surface area contributed by atoms with Crippen molar-refractivity contribution in [3.8, 4) is 0 Å². The Balaban J connectivity index is 1.92. The fraction of sp³-hybridized carbons (Fsp3) is 0.800. The summed E-state index contributed by atoms with van der Waals surface area (Å²) in [5.74, 6) is 1.09. The summed E-state index contributed by atoms with van der Waals surface area (Å²) in [5, 5.41) is 0. The van der Waals surface area contributed by atoms with Gasteiger partial charge in [0, 0.05) is 0 Å². The lowest BCUT2D eigenvalue weighted by Crippen LogP contribution is -2.09. The molecule has 0 spiro atoms. The van der Waals surface area contributed by atoms with E-state index in [1.54, 1.807) is 0 Å². The molecule has 10 heavy (non-hydrogen) atoms. The molecule has 0 N–H and O–H groups in total. The molecular weight excluding hydrogens is 120 g/mol. The molecule has 0 saturated heterocycles. The largest absolute Gasteiger partial charge is 0.0880 e. The molecule has 0 heterocycles. The van der Waals surface area contributed by atoms with Crippen molar-refractivity contribution in [3.63, 3.8) is 0 Å². The van der Waals surface area contributed by atoms with Gasteiger partial charge in [-0.1, -0.05) is 31.9 Å². The summed E-state index contributed by atoms with van der Waals surface area (Å²) in [4.78, 5) is 0. The quantitative estimate of drug-likeness (QED) is 0.511. The van der Waals surface area contributed by atoms with Gasteiger partial charge in [-0.25, -0.2) is 0 Å². The van der Waals surface area contributed by atoms with Crippen LogP contribution in [0.5, 0.6) is 0 Å². The highest BCUT2D eigenvalue weighted by Crippen LogP contribution is 2.45. The van der Waals surface area contributed by atoms with E-state index in [1.807, 2.05) is 0 Å². The second-order valence-electron chi connectivity index (χ2n) is 4.24. The molecule has 2 aliphatic carbocycles. The van der Waals surface area contributed by atoms with Crippen molar-refractivity contribution in [1.29, 1.82) is 0 Å². The van der Waals surface area contributed by atoms with Crippen LogP contribution in [0.25, 0.3) is 0 Å². The molecule has 0 heteroatoms. The van der Waals surface area contributed by atoms with Gasteiger partial charge in [0.05, 0.1) is 0 Å². The SMILES string of the molecule is CC1(CC2CC2)C=CCC1. The van der Waals surface area contributed by atoms with E-state index in [0.29, 0.717) is 5.41 Å². The molecular formula is C10H16. The third kappa shape index (κ3) is 1.25. The van der Waals surface area contributed by atoms with Gasteiger partial charge in [-0.2, -0.15) is 0 Å². The maximum absolute atomic E-state index is 2.44. The Morgan fingerprint density at radius 3 is 2.80 bits per heavy atom. The number of hydrogen-bond acceptors (Lipinski definition) is 0. The van der Waals surface area contributed by atoms with Gasteiger partial charge in [0.25, 0.3) is 0 Å². The van der Waals surface area contributed by atoms with Gasteiger partial charge in [-0.3, -0.25) is 0 Å². The van der Waals surface area contributed by atoms with Crippen LogP contribution in [-0.2, 0) is 0 Å². The lowest BCUT2D eigenvalue weighted by atomic mass is 9.84. The van der Waals surface area contributed by atoms with Crippen LogP contribution < -0.4 is 0 Å². The third-order valence-corrected chi connectivity index (χ3v) is 2.85. The van der Waals surface area contributed by atoms with Gasteiger partial charge in [0.15, 0.2) is 0 Å². The Morgan fingerprint density at radius 2 is 2.30 bits per heavy atom. The first-order valence-electron chi connectivity index (χ1n) is 4.46. The van der Waals surface area contributed by atoms with E-state index in [4.69, 9.17) is 0 Å². The zero-order valence-corrected chi connectivity index (χ0v) is 6.77. The first-order chi connectivity index (χ1) is 4.79. The van der Waals surface area contributed by atoms with Crippen LogP contribution in [0.3, 0.4) is 0 Å². The van der Waals surface area contributed by atoms with Crippen molar-refractivity contribution >= 4 is 0 Å². The molecule has 56 valence electrons. The predicted molar refractivity (Wildman–Crippen MR) is 43.8 cm³/mol. The summed E-state index contributed by atoms with van der Waals surface area (Å²) < 4.78 is 0. The van der Waals surface area contributed by atoms with E-state index >= 15 is 0 Å². The number of hydrogen-bond donors (Lipinski definition) is 0. The van der Waals surface area contributed by atoms with Crippen LogP contribution in [0.4, 0.5) is 0 Å². The smallest absolute Gasteiger partial charge is 0.0141 e. The first-order valence-corrected chi connectivity index (χ1v) is 4.46. The summed E-state index contributed by atoms with van der Waals surface area (Å²) in [7, 11) is 0. The summed E-state index contributed by atoms with van der Waals surface area (Å²) >= 11 is 0. The zero-order chi connectivity index (χ0) is 7.03. The molecule has 2 rings (SSSR count). The summed E-state index contributed by atoms with van der Waals surface area (Å²) in [6.45, 7) is 2.41. The summed E-state index contributed by atoms with van der Waals surface area (Å²) in [6, 6.07) is 0. The van der Waals surface area contributed by atoms with Crippen molar-refractivity contribution in [2.24, 2.45) is 11.3 Å².